The molecule has 11 heteroatoms. The topological polar surface area (TPSA) is 133 Å². The number of carbonyl (C=O) groups is 2. The van der Waals surface area contributed by atoms with Gasteiger partial charge in [0.15, 0.2) is 0 Å². The number of carbonyl (C=O) groups excluding carboxylic acids is 2. The van der Waals surface area contributed by atoms with Crippen LogP contribution in [0.15, 0.2) is 65.0 Å². The Bertz CT molecular complexity index is 1830. The first kappa shape index (κ1) is 33.5. The molecular formula is C37H41ClN4O6. The van der Waals surface area contributed by atoms with Gasteiger partial charge in [0.05, 0.1) is 34.6 Å². The van der Waals surface area contributed by atoms with E-state index in [1.807, 2.05) is 12.1 Å². The molecule has 1 aliphatic heterocycles. The third-order valence-electron chi connectivity index (χ3n) is 9.95. The first-order chi connectivity index (χ1) is 23.1. The van der Waals surface area contributed by atoms with Crippen LogP contribution in [0.5, 0.6) is 0 Å². The van der Waals surface area contributed by atoms with Crippen LogP contribution < -0.4 is 10.6 Å². The van der Waals surface area contributed by atoms with Crippen molar-refractivity contribution in [2.75, 3.05) is 19.0 Å². The molecule has 2 aliphatic carbocycles. The summed E-state index contributed by atoms with van der Waals surface area (Å²) in [6, 6.07) is 11.9. The smallest absolute Gasteiger partial charge is 0.337 e. The largest absolute Gasteiger partial charge is 0.466 e. The van der Waals surface area contributed by atoms with E-state index in [1.165, 1.54) is 42.6 Å². The molecule has 1 saturated carbocycles. The lowest BCUT2D eigenvalue weighted by molar-refractivity contribution is -0.384. The van der Waals surface area contributed by atoms with E-state index in [-0.39, 0.29) is 22.9 Å². The van der Waals surface area contributed by atoms with E-state index in [0.29, 0.717) is 27.9 Å². The average Bonchev–Trinajstić information content (AvgIpc) is 3.07. The second-order valence-electron chi connectivity index (χ2n) is 13.0. The number of rotatable bonds is 9. The molecule has 2 heterocycles. The minimum Gasteiger partial charge on any atom is -0.466 e. The molecule has 6 rings (SSSR count). The molecule has 3 aliphatic rings. The summed E-state index contributed by atoms with van der Waals surface area (Å²) in [5.74, 6) is -1.53. The van der Waals surface area contributed by atoms with E-state index in [0.717, 1.165) is 68.8 Å². The van der Waals surface area contributed by atoms with Crippen LogP contribution in [0.1, 0.15) is 81.5 Å². The summed E-state index contributed by atoms with van der Waals surface area (Å²) in [5.41, 5.74) is 6.47. The molecule has 1 unspecified atom stereocenters. The molecule has 2 N–H and O–H groups in total. The van der Waals surface area contributed by atoms with Gasteiger partial charge in [-0.25, -0.2) is 9.59 Å². The Hall–Kier alpha value is -4.44. The fourth-order valence-corrected chi connectivity index (χ4v) is 7.72. The lowest BCUT2D eigenvalue weighted by Crippen LogP contribution is -2.34. The van der Waals surface area contributed by atoms with Gasteiger partial charge >= 0.3 is 11.9 Å². The number of nitro benzene ring substituents is 1. The lowest BCUT2D eigenvalue weighted by Gasteiger charge is -2.33. The maximum absolute atomic E-state index is 13.8. The summed E-state index contributed by atoms with van der Waals surface area (Å²) >= 11 is 6.30. The number of anilines is 1. The number of pyridine rings is 1. The average molecular weight is 673 g/mol. The van der Waals surface area contributed by atoms with Gasteiger partial charge < -0.3 is 20.1 Å². The SMILES string of the molecule is COC(=O)C1=C(C)NC(C)=C(C(=O)OC2CCC(CCNc3c4c(nc5cc(Cl)ccc35)CCCC4)CC2)C1c1cccc([N+](=O)[O-])c1. The van der Waals surface area contributed by atoms with Crippen molar-refractivity contribution in [3.05, 3.63) is 97.0 Å². The van der Waals surface area contributed by atoms with Crippen LogP contribution in [0.25, 0.3) is 10.9 Å². The standard InChI is InChI=1S/C37H41ClN4O6/c1-21-32(36(43)47-3)34(24-7-6-8-26(19-24)42(45)46)33(22(2)40-21)37(44)48-27-14-11-23(12-15-27)17-18-39-35-28-9-4-5-10-30(28)41-31-20-25(38)13-16-29(31)35/h6-8,13,16,19-20,23,27,34,40H,4-5,9-12,14-15,17-18H2,1-3H3,(H,39,41). The first-order valence-corrected chi connectivity index (χ1v) is 17.1. The van der Waals surface area contributed by atoms with Gasteiger partial charge in [-0.3, -0.25) is 15.1 Å². The summed E-state index contributed by atoms with van der Waals surface area (Å²) in [6.45, 7) is 4.31. The minimum atomic E-state index is -0.875. The molecular weight excluding hydrogens is 632 g/mol. The maximum Gasteiger partial charge on any atom is 0.337 e. The predicted molar refractivity (Wildman–Crippen MR) is 185 cm³/mol. The van der Waals surface area contributed by atoms with Crippen molar-refractivity contribution in [1.29, 1.82) is 0 Å². The van der Waals surface area contributed by atoms with Gasteiger partial charge in [-0.05, 0) is 107 Å². The third kappa shape index (κ3) is 6.90. The van der Waals surface area contributed by atoms with E-state index < -0.39 is 22.8 Å². The fourth-order valence-electron chi connectivity index (χ4n) is 7.55. The highest BCUT2D eigenvalue weighted by Crippen LogP contribution is 2.41. The van der Waals surface area contributed by atoms with Crippen LogP contribution in [0, 0.1) is 16.0 Å². The molecule has 10 nitrogen and oxygen atoms in total. The molecule has 0 amide bonds. The first-order valence-electron chi connectivity index (χ1n) is 16.7. The number of benzene rings is 2. The monoisotopic (exact) mass is 672 g/mol. The van der Waals surface area contributed by atoms with Crippen molar-refractivity contribution < 1.29 is 24.0 Å². The van der Waals surface area contributed by atoms with E-state index in [2.05, 4.69) is 16.7 Å². The normalized spacial score (nSPS) is 21.0. The number of nitrogens with one attached hydrogen (secondary N) is 2. The number of ether oxygens (including phenoxy) is 2. The third-order valence-corrected chi connectivity index (χ3v) is 10.2. The summed E-state index contributed by atoms with van der Waals surface area (Å²) in [7, 11) is 1.27. The number of methoxy groups -OCH3 is 1. The Kier molecular flexibility index (Phi) is 10.0. The number of esters is 2. The van der Waals surface area contributed by atoms with Gasteiger partial charge in [0.2, 0.25) is 0 Å². The van der Waals surface area contributed by atoms with Crippen LogP contribution in [-0.4, -0.2) is 41.6 Å². The van der Waals surface area contributed by atoms with E-state index >= 15 is 0 Å². The maximum atomic E-state index is 13.8. The zero-order valence-corrected chi connectivity index (χ0v) is 28.3. The minimum absolute atomic E-state index is 0.132. The van der Waals surface area contributed by atoms with Crippen LogP contribution in [-0.2, 0) is 31.9 Å². The molecule has 2 aromatic carbocycles. The molecule has 1 aromatic heterocycles. The zero-order valence-electron chi connectivity index (χ0n) is 27.6. The Morgan fingerprint density at radius 2 is 1.75 bits per heavy atom. The van der Waals surface area contributed by atoms with E-state index in [4.69, 9.17) is 26.1 Å². The molecule has 0 spiro atoms. The van der Waals surface area contributed by atoms with E-state index in [9.17, 15) is 19.7 Å². The van der Waals surface area contributed by atoms with Gasteiger partial charge in [-0.1, -0.05) is 23.7 Å². The fraction of sp³-hybridized carbons (Fsp3) is 0.432. The van der Waals surface area contributed by atoms with Gasteiger partial charge in [-0.2, -0.15) is 0 Å². The van der Waals surface area contributed by atoms with Crippen molar-refractivity contribution >= 4 is 45.8 Å². The van der Waals surface area contributed by atoms with Crippen LogP contribution in [0.4, 0.5) is 11.4 Å². The Morgan fingerprint density at radius 3 is 2.48 bits per heavy atom. The molecule has 3 aromatic rings. The second kappa shape index (κ2) is 14.4. The number of nitrogens with zero attached hydrogens (tertiary/aromatic N) is 2. The van der Waals surface area contributed by atoms with Crippen LogP contribution in [0.3, 0.4) is 0 Å². The zero-order chi connectivity index (χ0) is 33.9. The quantitative estimate of drug-likeness (QED) is 0.133. The van der Waals surface area contributed by atoms with Gasteiger partial charge in [-0.15, -0.1) is 0 Å². The summed E-state index contributed by atoms with van der Waals surface area (Å²) in [6.07, 6.45) is 8.43. The van der Waals surface area contributed by atoms with Crippen molar-refractivity contribution in [3.8, 4) is 0 Å². The summed E-state index contributed by atoms with van der Waals surface area (Å²) in [4.78, 5) is 42.8. The van der Waals surface area contributed by atoms with Gasteiger partial charge in [0.1, 0.15) is 6.10 Å². The highest BCUT2D eigenvalue weighted by Gasteiger charge is 2.39. The van der Waals surface area contributed by atoms with Crippen molar-refractivity contribution in [2.45, 2.75) is 83.7 Å². The number of aromatic nitrogens is 1. The molecule has 0 bridgehead atoms. The number of hydrogen-bond donors (Lipinski definition) is 2. The van der Waals surface area contributed by atoms with Crippen LogP contribution >= 0.6 is 11.6 Å². The lowest BCUT2D eigenvalue weighted by atomic mass is 9.80. The van der Waals surface area contributed by atoms with Crippen molar-refractivity contribution in [3.63, 3.8) is 0 Å². The summed E-state index contributed by atoms with van der Waals surface area (Å²) in [5, 5.41) is 20.3. The molecule has 1 fully saturated rings. The number of aryl methyl sites for hydroxylation is 1. The number of halogens is 1. The number of hydrogen-bond acceptors (Lipinski definition) is 9. The highest BCUT2D eigenvalue weighted by molar-refractivity contribution is 6.31. The molecule has 1 atom stereocenters. The van der Waals surface area contributed by atoms with Gasteiger partial charge in [0.25, 0.3) is 5.69 Å². The number of nitro groups is 1. The molecule has 48 heavy (non-hydrogen) atoms. The predicted octanol–water partition coefficient (Wildman–Crippen LogP) is 7.69. The molecule has 252 valence electrons. The van der Waals surface area contributed by atoms with Crippen LogP contribution in [0.2, 0.25) is 5.02 Å². The highest BCUT2D eigenvalue weighted by atomic mass is 35.5. The van der Waals surface area contributed by atoms with Gasteiger partial charge in [0, 0.05) is 51.9 Å². The number of non-ortho nitro benzene ring substituents is 1. The number of dihydropyridines is 1. The van der Waals surface area contributed by atoms with Crippen molar-refractivity contribution in [1.82, 2.24) is 10.3 Å². The Morgan fingerprint density at radius 1 is 1.02 bits per heavy atom. The molecule has 0 radical (unpaired) electrons. The van der Waals surface area contributed by atoms with Crippen molar-refractivity contribution in [2.24, 2.45) is 5.92 Å². The number of allylic oxidation sites excluding steroid dienone is 2. The Balaban J connectivity index is 1.11. The molecule has 0 saturated heterocycles. The van der Waals surface area contributed by atoms with E-state index in [1.54, 1.807) is 26.0 Å². The second-order valence-corrected chi connectivity index (χ2v) is 13.5. The number of fused-ring (bicyclic) bond motifs is 2. The Labute approximate surface area is 285 Å². The summed E-state index contributed by atoms with van der Waals surface area (Å²) < 4.78 is 11.2.